The fourth-order valence-electron chi connectivity index (χ4n) is 4.95. The monoisotopic (exact) mass is 545 g/mol. The average Bonchev–Trinajstić information content (AvgIpc) is 3.53. The summed E-state index contributed by atoms with van der Waals surface area (Å²) >= 11 is 0. The summed E-state index contributed by atoms with van der Waals surface area (Å²) in [5.74, 6) is 0.470. The molecule has 0 amide bonds. The van der Waals surface area contributed by atoms with Gasteiger partial charge in [0.1, 0.15) is 11.5 Å². The molecule has 0 unspecified atom stereocenters. The molecule has 0 aromatic carbocycles. The summed E-state index contributed by atoms with van der Waals surface area (Å²) in [6.07, 6.45) is 2.91. The van der Waals surface area contributed by atoms with Gasteiger partial charge in [0.25, 0.3) is 0 Å². The summed E-state index contributed by atoms with van der Waals surface area (Å²) in [4.78, 5) is 7.99. The number of pyridine rings is 2. The van der Waals surface area contributed by atoms with E-state index in [1.807, 2.05) is 17.7 Å². The van der Waals surface area contributed by atoms with Gasteiger partial charge < -0.3 is 20.3 Å². The molecular formula is C26H30F3N7O3. The van der Waals surface area contributed by atoms with Gasteiger partial charge in [0.2, 0.25) is 0 Å². The molecule has 0 aliphatic heterocycles. The van der Waals surface area contributed by atoms with Crippen LogP contribution >= 0.6 is 0 Å². The number of fused-ring (bicyclic) bond motifs is 1. The first-order chi connectivity index (χ1) is 18.8. The minimum Gasteiger partial charge on any atom is -0.488 e. The van der Waals surface area contributed by atoms with E-state index in [0.717, 1.165) is 22.7 Å². The molecule has 0 saturated heterocycles. The van der Waals surface area contributed by atoms with Gasteiger partial charge in [0.05, 0.1) is 43.1 Å². The van der Waals surface area contributed by atoms with Crippen molar-refractivity contribution in [2.24, 2.45) is 0 Å². The summed E-state index contributed by atoms with van der Waals surface area (Å²) < 4.78 is 49.3. The van der Waals surface area contributed by atoms with E-state index >= 15 is 0 Å². The first-order valence-electron chi connectivity index (χ1n) is 12.9. The van der Waals surface area contributed by atoms with Crippen molar-refractivity contribution in [3.8, 4) is 17.0 Å². The molecule has 39 heavy (non-hydrogen) atoms. The highest BCUT2D eigenvalue weighted by Crippen LogP contribution is 2.39. The molecule has 0 spiro atoms. The van der Waals surface area contributed by atoms with Gasteiger partial charge >= 0.3 is 6.18 Å². The van der Waals surface area contributed by atoms with Crippen LogP contribution in [0.5, 0.6) is 5.75 Å². The van der Waals surface area contributed by atoms with Crippen LogP contribution in [0.1, 0.15) is 44.3 Å². The van der Waals surface area contributed by atoms with E-state index in [9.17, 15) is 18.3 Å². The predicted molar refractivity (Wildman–Crippen MR) is 137 cm³/mol. The van der Waals surface area contributed by atoms with Gasteiger partial charge in [-0.3, -0.25) is 9.36 Å². The fourth-order valence-corrected chi connectivity index (χ4v) is 4.95. The van der Waals surface area contributed by atoms with Crippen LogP contribution < -0.4 is 10.1 Å². The smallest absolute Gasteiger partial charge is 0.437 e. The Morgan fingerprint density at radius 1 is 1.18 bits per heavy atom. The molecule has 1 atom stereocenters. The predicted octanol–water partition coefficient (Wildman–Crippen LogP) is 4.06. The zero-order valence-corrected chi connectivity index (χ0v) is 21.3. The topological polar surface area (TPSA) is 123 Å². The number of halogens is 3. The second kappa shape index (κ2) is 11.2. The van der Waals surface area contributed by atoms with Gasteiger partial charge in [-0.2, -0.15) is 23.4 Å². The first-order valence-corrected chi connectivity index (χ1v) is 12.9. The molecule has 0 radical (unpaired) electrons. The number of nitrogens with one attached hydrogen (secondary N) is 1. The van der Waals surface area contributed by atoms with Crippen molar-refractivity contribution < 1.29 is 28.1 Å². The van der Waals surface area contributed by atoms with Crippen molar-refractivity contribution in [2.75, 3.05) is 18.5 Å². The third-order valence-electron chi connectivity index (χ3n) is 6.79. The lowest BCUT2D eigenvalue weighted by atomic mass is 9.93. The molecule has 13 heteroatoms. The molecule has 4 heterocycles. The summed E-state index contributed by atoms with van der Waals surface area (Å²) in [6.45, 7) is 2.47. The summed E-state index contributed by atoms with van der Waals surface area (Å²) in [5, 5.41) is 32.2. The molecule has 1 fully saturated rings. The highest BCUT2D eigenvalue weighted by molar-refractivity contribution is 5.93. The lowest BCUT2D eigenvalue weighted by Gasteiger charge is -2.30. The minimum atomic E-state index is -4.58. The molecular weight excluding hydrogens is 515 g/mol. The molecule has 1 aliphatic rings. The van der Waals surface area contributed by atoms with Gasteiger partial charge in [-0.25, -0.2) is 9.97 Å². The maximum absolute atomic E-state index is 13.4. The minimum absolute atomic E-state index is 0.0141. The van der Waals surface area contributed by atoms with Gasteiger partial charge in [-0.15, -0.1) is 0 Å². The fraction of sp³-hybridized carbons (Fsp3) is 0.462. The Kier molecular flexibility index (Phi) is 7.71. The molecule has 10 nitrogen and oxygen atoms in total. The number of hydrogen-bond donors (Lipinski definition) is 3. The second-order valence-corrected chi connectivity index (χ2v) is 9.59. The van der Waals surface area contributed by atoms with Crippen molar-refractivity contribution in [1.29, 1.82) is 0 Å². The summed E-state index contributed by atoms with van der Waals surface area (Å²) in [5.41, 5.74) is 1.31. The molecule has 5 rings (SSSR count). The van der Waals surface area contributed by atoms with Crippen molar-refractivity contribution >= 4 is 16.7 Å². The van der Waals surface area contributed by atoms with Gasteiger partial charge in [0.15, 0.2) is 11.4 Å². The number of ether oxygens (including phenoxy) is 1. The Labute approximate surface area is 222 Å². The van der Waals surface area contributed by atoms with E-state index in [1.54, 1.807) is 23.3 Å². The third kappa shape index (κ3) is 5.83. The van der Waals surface area contributed by atoms with E-state index in [4.69, 9.17) is 14.9 Å². The van der Waals surface area contributed by atoms with Crippen LogP contribution in [0.4, 0.5) is 19.0 Å². The zero-order valence-electron chi connectivity index (χ0n) is 21.3. The number of hydrogen-bond acceptors (Lipinski definition) is 8. The normalized spacial score (nSPS) is 18.8. The van der Waals surface area contributed by atoms with E-state index < -0.39 is 18.0 Å². The van der Waals surface area contributed by atoms with Crippen LogP contribution in [0.15, 0.2) is 43.0 Å². The first kappa shape index (κ1) is 26.9. The lowest BCUT2D eigenvalue weighted by molar-refractivity contribution is -0.143. The third-order valence-corrected chi connectivity index (χ3v) is 6.79. The Hall–Kier alpha value is -3.71. The van der Waals surface area contributed by atoms with Crippen LogP contribution in [0.2, 0.25) is 0 Å². The van der Waals surface area contributed by atoms with E-state index in [2.05, 4.69) is 20.4 Å². The van der Waals surface area contributed by atoms with Gasteiger partial charge in [-0.05, 0) is 44.7 Å². The van der Waals surface area contributed by atoms with Crippen LogP contribution in [0, 0.1) is 0 Å². The van der Waals surface area contributed by atoms with E-state index in [1.165, 1.54) is 12.1 Å². The molecule has 4 aromatic rings. The average molecular weight is 546 g/mol. The molecule has 1 aliphatic carbocycles. The number of anilines is 1. The van der Waals surface area contributed by atoms with Gasteiger partial charge in [-0.1, -0.05) is 0 Å². The van der Waals surface area contributed by atoms with Gasteiger partial charge in [0, 0.05) is 42.2 Å². The Morgan fingerprint density at radius 2 is 1.97 bits per heavy atom. The number of rotatable bonds is 9. The highest BCUT2D eigenvalue weighted by atomic mass is 19.4. The van der Waals surface area contributed by atoms with Crippen LogP contribution in [0.25, 0.3) is 22.2 Å². The van der Waals surface area contributed by atoms with Crippen LogP contribution in [0.3, 0.4) is 0 Å². The number of alkyl halides is 3. The van der Waals surface area contributed by atoms with Crippen LogP contribution in [-0.4, -0.2) is 65.1 Å². The second-order valence-electron chi connectivity index (χ2n) is 9.59. The number of aromatic nitrogens is 6. The number of aliphatic hydroxyl groups excluding tert-OH is 2. The molecule has 0 bridgehead atoms. The lowest BCUT2D eigenvalue weighted by Crippen LogP contribution is -2.27. The summed E-state index contributed by atoms with van der Waals surface area (Å²) in [7, 11) is 0. The molecule has 4 aromatic heterocycles. The van der Waals surface area contributed by atoms with Crippen LogP contribution in [-0.2, 0) is 12.7 Å². The quantitative estimate of drug-likeness (QED) is 0.288. The Morgan fingerprint density at radius 3 is 2.69 bits per heavy atom. The maximum atomic E-state index is 13.4. The van der Waals surface area contributed by atoms with Crippen molar-refractivity contribution in [3.63, 3.8) is 0 Å². The molecule has 1 saturated carbocycles. The number of aliphatic hydroxyl groups is 2. The highest BCUT2D eigenvalue weighted by Gasteiger charge is 2.37. The Balaban J connectivity index is 1.39. The Bertz CT molecular complexity index is 1410. The molecule has 3 N–H and O–H groups in total. The zero-order chi connectivity index (χ0) is 27.6. The van der Waals surface area contributed by atoms with Crippen molar-refractivity contribution in [3.05, 3.63) is 48.7 Å². The SMILES string of the molecule is CCNc1cc2c(cn1)c(-c1cnn(C[C@@H](O)CO)c1)nn2[C@H]1CC[C@@H](Oc2cccnc2C(F)(F)F)CC1. The largest absolute Gasteiger partial charge is 0.488 e. The van der Waals surface area contributed by atoms with E-state index in [0.29, 0.717) is 43.7 Å². The van der Waals surface area contributed by atoms with Crippen molar-refractivity contribution in [1.82, 2.24) is 29.5 Å². The maximum Gasteiger partial charge on any atom is 0.437 e. The number of nitrogens with zero attached hydrogens (tertiary/aromatic N) is 6. The van der Waals surface area contributed by atoms with E-state index in [-0.39, 0.29) is 31.0 Å². The standard InChI is InChI=1S/C26H30F3N7O3/c1-2-30-23-10-21-20(12-32-23)24(16-11-33-35(13-16)14-18(38)15-37)34-36(21)17-5-7-19(8-6-17)39-22-4-3-9-31-25(22)26(27,28)29/h3-4,9-13,17-19,37-38H,2,5-8,14-15H2,1H3,(H,30,32)/t17-,18-,19+/m1/s1. The van der Waals surface area contributed by atoms with Crippen molar-refractivity contribution in [2.45, 2.75) is 63.6 Å². The molecule has 208 valence electrons. The summed E-state index contributed by atoms with van der Waals surface area (Å²) in [6, 6.07) is 4.71.